The fourth-order valence-corrected chi connectivity index (χ4v) is 3.11. The number of carbonyl (C=O) groups is 1. The summed E-state index contributed by atoms with van der Waals surface area (Å²) >= 11 is 0. The molecule has 1 aliphatic heterocycles. The van der Waals surface area contributed by atoms with E-state index in [9.17, 15) is 19.2 Å². The van der Waals surface area contributed by atoms with Crippen LogP contribution in [-0.4, -0.2) is 45.8 Å². The number of aromatic nitrogens is 1. The van der Waals surface area contributed by atoms with Crippen molar-refractivity contribution in [3.05, 3.63) is 54.1 Å². The molecule has 0 spiro atoms. The Morgan fingerprint density at radius 2 is 2.10 bits per heavy atom. The maximum Gasteiger partial charge on any atom is 0.475 e. The number of amides is 1. The van der Waals surface area contributed by atoms with Crippen LogP contribution in [0.3, 0.4) is 0 Å². The van der Waals surface area contributed by atoms with Crippen LogP contribution < -0.4 is 5.32 Å². The van der Waals surface area contributed by atoms with Crippen molar-refractivity contribution in [2.24, 2.45) is 11.1 Å². The van der Waals surface area contributed by atoms with Gasteiger partial charge in [0.25, 0.3) is 5.91 Å². The zero-order valence-electron chi connectivity index (χ0n) is 16.2. The molecule has 2 heterocycles. The third-order valence-corrected chi connectivity index (χ3v) is 4.59. The molecule has 152 valence electrons. The number of halogens is 1. The third-order valence-electron chi connectivity index (χ3n) is 4.59. The van der Waals surface area contributed by atoms with Gasteiger partial charge in [0.15, 0.2) is 0 Å². The monoisotopic (exact) mass is 399 g/mol. The van der Waals surface area contributed by atoms with Crippen LogP contribution in [0.15, 0.2) is 47.8 Å². The van der Waals surface area contributed by atoms with Crippen molar-refractivity contribution >= 4 is 18.7 Å². The summed E-state index contributed by atoms with van der Waals surface area (Å²) in [7, 11) is -1.65. The summed E-state index contributed by atoms with van der Waals surface area (Å²) in [6, 6.07) is 9.76. The Morgan fingerprint density at radius 3 is 2.72 bits per heavy atom. The average Bonchev–Trinajstić information content (AvgIpc) is 3.17. The van der Waals surface area contributed by atoms with Gasteiger partial charge >= 0.3 is 7.12 Å². The number of benzene rings is 1. The van der Waals surface area contributed by atoms with E-state index in [1.807, 2.05) is 13.8 Å². The maximum atomic E-state index is 13.4. The van der Waals surface area contributed by atoms with Gasteiger partial charge in [-0.3, -0.25) is 9.78 Å². The molecule has 3 rings (SSSR count). The van der Waals surface area contributed by atoms with Crippen molar-refractivity contribution in [3.8, 4) is 11.1 Å². The van der Waals surface area contributed by atoms with Gasteiger partial charge < -0.3 is 20.2 Å². The van der Waals surface area contributed by atoms with Gasteiger partial charge in [0.1, 0.15) is 11.5 Å². The highest BCUT2D eigenvalue weighted by atomic mass is 19.1. The fourth-order valence-electron chi connectivity index (χ4n) is 3.11. The molecule has 7 nitrogen and oxygen atoms in total. The summed E-state index contributed by atoms with van der Waals surface area (Å²) in [6.45, 7) is 3.85. The van der Waals surface area contributed by atoms with Crippen LogP contribution in [0, 0.1) is 11.7 Å². The molecule has 1 aromatic heterocycles. The van der Waals surface area contributed by atoms with Crippen molar-refractivity contribution in [1.82, 2.24) is 10.3 Å². The van der Waals surface area contributed by atoms with Crippen molar-refractivity contribution in [3.63, 3.8) is 0 Å². The second kappa shape index (κ2) is 9.15. The molecule has 9 heteroatoms. The predicted molar refractivity (Wildman–Crippen MR) is 107 cm³/mol. The molecular weight excluding hydrogens is 376 g/mol. The number of pyridine rings is 1. The van der Waals surface area contributed by atoms with Crippen LogP contribution in [0.5, 0.6) is 0 Å². The van der Waals surface area contributed by atoms with E-state index in [0.717, 1.165) is 5.56 Å². The van der Waals surface area contributed by atoms with E-state index in [2.05, 4.69) is 15.5 Å². The molecule has 2 atom stereocenters. The fraction of sp³-hybridized carbons (Fsp3) is 0.350. The number of carbonyl (C=O) groups excluding carboxylic acids is 1. The summed E-state index contributed by atoms with van der Waals surface area (Å²) in [6.07, 6.45) is 1.39. The largest absolute Gasteiger partial charge is 0.475 e. The van der Waals surface area contributed by atoms with Crippen LogP contribution in [0.1, 0.15) is 32.4 Å². The van der Waals surface area contributed by atoms with Gasteiger partial charge in [0.05, 0.1) is 11.6 Å². The van der Waals surface area contributed by atoms with Crippen LogP contribution in [0.25, 0.3) is 11.1 Å². The quantitative estimate of drug-likeness (QED) is 0.618. The van der Waals surface area contributed by atoms with E-state index in [4.69, 9.17) is 4.84 Å². The van der Waals surface area contributed by atoms with Crippen LogP contribution in [-0.2, 0) is 9.63 Å². The molecule has 0 bridgehead atoms. The first-order valence-corrected chi connectivity index (χ1v) is 9.45. The topological polar surface area (TPSA) is 104 Å². The van der Waals surface area contributed by atoms with Crippen LogP contribution in [0.4, 0.5) is 4.39 Å². The van der Waals surface area contributed by atoms with Crippen molar-refractivity contribution in [2.45, 2.75) is 38.7 Å². The summed E-state index contributed by atoms with van der Waals surface area (Å²) in [5.41, 5.74) is 2.54. The molecule has 3 N–H and O–H groups in total. The summed E-state index contributed by atoms with van der Waals surface area (Å²) in [4.78, 5) is 22.0. The highest BCUT2D eigenvalue weighted by molar-refractivity contribution is 6.43. The molecule has 0 radical (unpaired) electrons. The first-order valence-electron chi connectivity index (χ1n) is 9.45. The molecule has 29 heavy (non-hydrogen) atoms. The summed E-state index contributed by atoms with van der Waals surface area (Å²) in [5.74, 6) is -1.38. The van der Waals surface area contributed by atoms with Gasteiger partial charge in [-0.2, -0.15) is 0 Å². The number of hydrogen-bond acceptors (Lipinski definition) is 6. The predicted octanol–water partition coefficient (Wildman–Crippen LogP) is 1.92. The molecule has 2 unspecified atom stereocenters. The molecule has 0 saturated heterocycles. The highest BCUT2D eigenvalue weighted by Gasteiger charge is 2.33. The van der Waals surface area contributed by atoms with E-state index in [-0.39, 0.29) is 18.2 Å². The molecule has 0 fully saturated rings. The lowest BCUT2D eigenvalue weighted by molar-refractivity contribution is -0.131. The lowest BCUT2D eigenvalue weighted by Gasteiger charge is -2.20. The normalized spacial score (nSPS) is 16.9. The average molecular weight is 399 g/mol. The Balaban J connectivity index is 1.62. The Kier molecular flexibility index (Phi) is 6.61. The first-order chi connectivity index (χ1) is 13.8. The van der Waals surface area contributed by atoms with Crippen LogP contribution in [0.2, 0.25) is 0 Å². The molecule has 1 aromatic carbocycles. The zero-order chi connectivity index (χ0) is 21.0. The minimum Gasteiger partial charge on any atom is -0.426 e. The van der Waals surface area contributed by atoms with Crippen molar-refractivity contribution in [2.75, 3.05) is 0 Å². The molecule has 2 aromatic rings. The lowest BCUT2D eigenvalue weighted by Crippen LogP contribution is -2.50. The van der Waals surface area contributed by atoms with E-state index in [0.29, 0.717) is 23.4 Å². The molecule has 0 aliphatic carbocycles. The number of rotatable bonds is 7. The second-order valence-corrected chi connectivity index (χ2v) is 7.44. The lowest BCUT2D eigenvalue weighted by atomic mass is 9.75. The Bertz CT molecular complexity index is 890. The molecular formula is C20H23BFN3O4. The number of hydrogen-bond donors (Lipinski definition) is 3. The first kappa shape index (κ1) is 20.9. The van der Waals surface area contributed by atoms with Crippen molar-refractivity contribution < 1.29 is 24.1 Å². The number of nitrogens with zero attached hydrogens (tertiary/aromatic N) is 2. The van der Waals surface area contributed by atoms with Crippen molar-refractivity contribution in [1.29, 1.82) is 0 Å². The van der Waals surface area contributed by atoms with Gasteiger partial charge in [0, 0.05) is 18.2 Å². The summed E-state index contributed by atoms with van der Waals surface area (Å²) < 4.78 is 13.4. The minimum absolute atomic E-state index is 0.180. The Labute approximate surface area is 168 Å². The SMILES string of the molecule is CC(C)CC(NC(=O)C1CC(c2ccc(-c3cccc(F)c3)cn2)=NO1)B(O)O. The van der Waals surface area contributed by atoms with E-state index >= 15 is 0 Å². The number of oxime groups is 1. The van der Waals surface area contributed by atoms with E-state index in [1.165, 1.54) is 12.1 Å². The van der Waals surface area contributed by atoms with Gasteiger partial charge in [0.2, 0.25) is 6.10 Å². The molecule has 0 saturated carbocycles. The summed E-state index contributed by atoms with van der Waals surface area (Å²) in [5, 5.41) is 25.5. The van der Waals surface area contributed by atoms with Gasteiger partial charge in [-0.25, -0.2) is 4.39 Å². The molecule has 1 aliphatic rings. The maximum absolute atomic E-state index is 13.4. The van der Waals surface area contributed by atoms with E-state index in [1.54, 1.807) is 30.5 Å². The Hall–Kier alpha value is -2.78. The smallest absolute Gasteiger partial charge is 0.426 e. The third kappa shape index (κ3) is 5.39. The van der Waals surface area contributed by atoms with Gasteiger partial charge in [-0.05, 0) is 36.1 Å². The highest BCUT2D eigenvalue weighted by Crippen LogP contribution is 2.21. The molecule has 1 amide bonds. The standard InChI is InChI=1S/C20H23BFN3O4/c1-12(2)8-19(21(27)28)24-20(26)18-10-17(25-29-18)16-7-6-14(11-23-16)13-4-3-5-15(22)9-13/h3-7,9,11-12,18-19,27-28H,8,10H2,1-2H3,(H,24,26). The minimum atomic E-state index is -1.65. The zero-order valence-corrected chi connectivity index (χ0v) is 16.2. The Morgan fingerprint density at radius 1 is 1.31 bits per heavy atom. The number of nitrogens with one attached hydrogen (secondary N) is 1. The van der Waals surface area contributed by atoms with E-state index < -0.39 is 25.1 Å². The second-order valence-electron chi connectivity index (χ2n) is 7.44. The van der Waals surface area contributed by atoms with Gasteiger partial charge in [-0.15, -0.1) is 0 Å². The van der Waals surface area contributed by atoms with Gasteiger partial charge in [-0.1, -0.05) is 37.2 Å². The van der Waals surface area contributed by atoms with Crippen LogP contribution >= 0.6 is 0 Å².